The minimum absolute atomic E-state index is 0. The van der Waals surface area contributed by atoms with Gasteiger partial charge in [0.25, 0.3) is 5.91 Å². The highest BCUT2D eigenvalue weighted by molar-refractivity contribution is 7.59. The second-order valence-electron chi connectivity index (χ2n) is 7.41. The number of rotatable bonds is 8. The molecule has 2 aromatic heterocycles. The second kappa shape index (κ2) is 11.3. The summed E-state index contributed by atoms with van der Waals surface area (Å²) in [5.74, 6) is 2.30. The maximum atomic E-state index is 11.9. The molecule has 2 heterocycles. The molecule has 0 unspecified atom stereocenters. The largest absolute Gasteiger partial charge is 0.496 e. The average molecular weight is 455 g/mol. The molecular formula is C23H30N6O2S. The number of hydrogen-bond acceptors (Lipinski definition) is 7. The zero-order valence-corrected chi connectivity index (χ0v) is 20.0. The molecule has 0 aliphatic rings. The van der Waals surface area contributed by atoms with Gasteiger partial charge in [-0.15, -0.1) is 0 Å². The number of benzene rings is 1. The predicted molar refractivity (Wildman–Crippen MR) is 133 cm³/mol. The Morgan fingerprint density at radius 2 is 1.91 bits per heavy atom. The quantitative estimate of drug-likeness (QED) is 0.539. The molecule has 0 spiro atoms. The fourth-order valence-electron chi connectivity index (χ4n) is 3.19. The number of anilines is 2. The van der Waals surface area contributed by atoms with Gasteiger partial charge in [-0.25, -0.2) is 15.0 Å². The number of carbonyl (C=O) groups is 1. The van der Waals surface area contributed by atoms with E-state index in [1.54, 1.807) is 32.6 Å². The number of nitrogens with one attached hydrogen (secondary N) is 2. The topological polar surface area (TPSA) is 92.3 Å². The number of ether oxygens (including phenoxy) is 1. The lowest BCUT2D eigenvalue weighted by Crippen LogP contribution is -2.18. The molecule has 32 heavy (non-hydrogen) atoms. The third-order valence-electron chi connectivity index (χ3n) is 5.01. The van der Waals surface area contributed by atoms with Gasteiger partial charge >= 0.3 is 0 Å². The van der Waals surface area contributed by atoms with Gasteiger partial charge in [-0.05, 0) is 29.8 Å². The van der Waals surface area contributed by atoms with Crippen LogP contribution >= 0.6 is 13.5 Å². The van der Waals surface area contributed by atoms with Crippen LogP contribution in [0.25, 0.3) is 11.3 Å². The van der Waals surface area contributed by atoms with E-state index < -0.39 is 0 Å². The van der Waals surface area contributed by atoms with Crippen molar-refractivity contribution >= 4 is 31.0 Å². The Balaban J connectivity index is 0.00000363. The summed E-state index contributed by atoms with van der Waals surface area (Å²) in [5, 5.41) is 6.00. The van der Waals surface area contributed by atoms with Gasteiger partial charge in [-0.1, -0.05) is 13.0 Å². The molecule has 0 saturated carbocycles. The Kier molecular flexibility index (Phi) is 8.83. The van der Waals surface area contributed by atoms with Gasteiger partial charge in [0.05, 0.1) is 12.8 Å². The van der Waals surface area contributed by atoms with Crippen LogP contribution in [0.1, 0.15) is 28.8 Å². The van der Waals surface area contributed by atoms with Crippen molar-refractivity contribution in [2.24, 2.45) is 0 Å². The fraction of sp³-hybridized carbons (Fsp3) is 0.304. The van der Waals surface area contributed by atoms with Crippen LogP contribution in [-0.2, 0) is 0 Å². The van der Waals surface area contributed by atoms with Crippen LogP contribution in [0.4, 0.5) is 11.6 Å². The van der Waals surface area contributed by atoms with Crippen molar-refractivity contribution in [3.05, 3.63) is 60.0 Å². The number of aromatic nitrogens is 3. The second-order valence-corrected chi connectivity index (χ2v) is 7.41. The van der Waals surface area contributed by atoms with Crippen LogP contribution in [0.5, 0.6) is 5.75 Å². The first-order valence-electron chi connectivity index (χ1n) is 10.0. The highest BCUT2D eigenvalue weighted by Gasteiger charge is 2.15. The smallest absolute Gasteiger partial charge is 0.251 e. The first kappa shape index (κ1) is 24.9. The number of methoxy groups -OCH3 is 1. The number of amides is 1. The van der Waals surface area contributed by atoms with Gasteiger partial charge in [-0.2, -0.15) is 13.5 Å². The van der Waals surface area contributed by atoms with E-state index in [1.807, 2.05) is 49.5 Å². The Hall–Kier alpha value is -3.33. The van der Waals surface area contributed by atoms with E-state index in [-0.39, 0.29) is 25.3 Å². The number of hydrogen-bond donors (Lipinski definition) is 2. The summed E-state index contributed by atoms with van der Waals surface area (Å²) < 4.78 is 5.51. The Morgan fingerprint density at radius 3 is 2.53 bits per heavy atom. The first-order chi connectivity index (χ1) is 14.9. The summed E-state index contributed by atoms with van der Waals surface area (Å²) in [5.41, 5.74) is 3.31. The lowest BCUT2D eigenvalue weighted by atomic mass is 9.98. The monoisotopic (exact) mass is 454 g/mol. The van der Waals surface area contributed by atoms with Crippen molar-refractivity contribution in [3.8, 4) is 17.0 Å². The molecule has 8 nitrogen and oxygen atoms in total. The number of nitrogens with zero attached hydrogens (tertiary/aromatic N) is 4. The van der Waals surface area contributed by atoms with Crippen LogP contribution in [-0.4, -0.2) is 55.7 Å². The third-order valence-corrected chi connectivity index (χ3v) is 5.01. The maximum absolute atomic E-state index is 11.9. The first-order valence-corrected chi connectivity index (χ1v) is 10.0. The minimum atomic E-state index is -0.141. The van der Waals surface area contributed by atoms with Crippen molar-refractivity contribution in [3.63, 3.8) is 0 Å². The zero-order valence-electron chi connectivity index (χ0n) is 19.0. The molecule has 0 fully saturated rings. The molecule has 170 valence electrons. The van der Waals surface area contributed by atoms with Gasteiger partial charge in [0.1, 0.15) is 23.7 Å². The van der Waals surface area contributed by atoms with Crippen molar-refractivity contribution < 1.29 is 9.53 Å². The molecular weight excluding hydrogens is 424 g/mol. The van der Waals surface area contributed by atoms with E-state index >= 15 is 0 Å². The molecule has 1 atom stereocenters. The van der Waals surface area contributed by atoms with Gasteiger partial charge in [-0.3, -0.25) is 4.79 Å². The summed E-state index contributed by atoms with van der Waals surface area (Å²) in [7, 11) is 7.13. The fourth-order valence-corrected chi connectivity index (χ4v) is 3.19. The van der Waals surface area contributed by atoms with E-state index in [2.05, 4.69) is 32.5 Å². The van der Waals surface area contributed by atoms with Crippen LogP contribution in [0.15, 0.2) is 48.9 Å². The maximum Gasteiger partial charge on any atom is 0.251 e. The predicted octanol–water partition coefficient (Wildman–Crippen LogP) is 3.30. The lowest BCUT2D eigenvalue weighted by Gasteiger charge is -2.17. The Bertz CT molecular complexity index is 1040. The van der Waals surface area contributed by atoms with E-state index in [0.717, 1.165) is 28.5 Å². The molecule has 0 bridgehead atoms. The van der Waals surface area contributed by atoms with Crippen LogP contribution in [0.2, 0.25) is 0 Å². The van der Waals surface area contributed by atoms with E-state index in [9.17, 15) is 4.79 Å². The molecule has 1 aromatic carbocycles. The van der Waals surface area contributed by atoms with Gasteiger partial charge in [0.2, 0.25) is 0 Å². The van der Waals surface area contributed by atoms with E-state index in [0.29, 0.717) is 17.9 Å². The standard InChI is InChI=1S/C23H28N6O2.H2S/c1-15(18-8-6-16(23(30)24-2)10-20(18)31-5)12-25-21-11-19(27-14-28-21)17-7-9-22(26-13-17)29(3)4;/h6-11,13-15H,12H2,1-5H3,(H,24,30)(H,25,27,28);1H2/t15-;/m1./s1. The Morgan fingerprint density at radius 1 is 1.12 bits per heavy atom. The van der Waals surface area contributed by atoms with E-state index in [4.69, 9.17) is 4.74 Å². The molecule has 0 aliphatic heterocycles. The van der Waals surface area contributed by atoms with Crippen molar-refractivity contribution in [1.82, 2.24) is 20.3 Å². The summed E-state index contributed by atoms with van der Waals surface area (Å²) in [4.78, 5) is 27.0. The lowest BCUT2D eigenvalue weighted by molar-refractivity contribution is 0.0962. The van der Waals surface area contributed by atoms with Crippen molar-refractivity contribution in [2.75, 3.05) is 45.0 Å². The molecule has 2 N–H and O–H groups in total. The highest BCUT2D eigenvalue weighted by atomic mass is 32.1. The molecule has 0 saturated heterocycles. The van der Waals surface area contributed by atoms with Crippen molar-refractivity contribution in [1.29, 1.82) is 0 Å². The third kappa shape index (κ3) is 5.88. The minimum Gasteiger partial charge on any atom is -0.496 e. The van der Waals surface area contributed by atoms with Crippen LogP contribution in [0.3, 0.4) is 0 Å². The Labute approximate surface area is 195 Å². The van der Waals surface area contributed by atoms with Gasteiger partial charge in [0.15, 0.2) is 0 Å². The number of pyridine rings is 1. The normalized spacial score (nSPS) is 11.2. The molecule has 3 rings (SSSR count). The summed E-state index contributed by atoms with van der Waals surface area (Å²) in [6, 6.07) is 11.4. The average Bonchev–Trinajstić information content (AvgIpc) is 2.81. The van der Waals surface area contributed by atoms with Crippen molar-refractivity contribution in [2.45, 2.75) is 12.8 Å². The van der Waals surface area contributed by atoms with Gasteiger partial charge < -0.3 is 20.3 Å². The van der Waals surface area contributed by atoms with Gasteiger partial charge in [0, 0.05) is 57.0 Å². The van der Waals surface area contributed by atoms with Crippen LogP contribution in [0, 0.1) is 0 Å². The highest BCUT2D eigenvalue weighted by Crippen LogP contribution is 2.28. The summed E-state index contributed by atoms with van der Waals surface area (Å²) in [6.07, 6.45) is 3.35. The molecule has 0 radical (unpaired) electrons. The van der Waals surface area contributed by atoms with E-state index in [1.165, 1.54) is 0 Å². The summed E-state index contributed by atoms with van der Waals surface area (Å²) in [6.45, 7) is 2.74. The number of carbonyl (C=O) groups excluding carboxylic acids is 1. The SMILES string of the molecule is CNC(=O)c1ccc([C@H](C)CNc2cc(-c3ccc(N(C)C)nc3)ncn2)c(OC)c1.S. The molecule has 3 aromatic rings. The molecule has 9 heteroatoms. The zero-order chi connectivity index (χ0) is 22.4. The molecule has 1 amide bonds. The van der Waals surface area contributed by atoms with Crippen LogP contribution < -0.4 is 20.3 Å². The molecule has 0 aliphatic carbocycles. The summed E-state index contributed by atoms with van der Waals surface area (Å²) >= 11 is 0.